The number of carbonyl (C=O) groups is 2. The van der Waals surface area contributed by atoms with E-state index in [1.54, 1.807) is 24.3 Å². The summed E-state index contributed by atoms with van der Waals surface area (Å²) in [6.45, 7) is 7.80. The van der Waals surface area contributed by atoms with E-state index >= 15 is 0 Å². The average Bonchev–Trinajstić information content (AvgIpc) is 2.73. The van der Waals surface area contributed by atoms with Gasteiger partial charge in [-0.3, -0.25) is 13.9 Å². The number of nitrogens with one attached hydrogen (secondary N) is 1. The van der Waals surface area contributed by atoms with Crippen molar-refractivity contribution in [1.82, 2.24) is 10.2 Å². The number of rotatable bonds is 10. The van der Waals surface area contributed by atoms with Crippen LogP contribution in [0.3, 0.4) is 0 Å². The molecule has 0 spiro atoms. The number of likely N-dealkylation sites (N-methyl/N-ethyl adjacent to an activating group) is 1. The molecule has 0 heterocycles. The van der Waals surface area contributed by atoms with Gasteiger partial charge in [-0.05, 0) is 44.9 Å². The summed E-state index contributed by atoms with van der Waals surface area (Å²) < 4.78 is 26.1. The highest BCUT2D eigenvalue weighted by Crippen LogP contribution is 2.20. The highest BCUT2D eigenvalue weighted by Gasteiger charge is 2.31. The second kappa shape index (κ2) is 11.1. The fourth-order valence-corrected chi connectivity index (χ4v) is 4.28. The molecule has 0 radical (unpaired) electrons. The van der Waals surface area contributed by atoms with Gasteiger partial charge < -0.3 is 10.2 Å². The molecule has 8 heteroatoms. The molecule has 32 heavy (non-hydrogen) atoms. The molecule has 2 aromatic rings. The molecule has 0 saturated carbocycles. The predicted octanol–water partition coefficient (Wildman–Crippen LogP) is 3.01. The summed E-state index contributed by atoms with van der Waals surface area (Å²) in [6.07, 6.45) is 1.48. The third-order valence-electron chi connectivity index (χ3n) is 5.21. The van der Waals surface area contributed by atoms with Crippen LogP contribution in [0.4, 0.5) is 5.69 Å². The van der Waals surface area contributed by atoms with Crippen molar-refractivity contribution in [1.29, 1.82) is 0 Å². The Morgan fingerprint density at radius 1 is 0.938 bits per heavy atom. The van der Waals surface area contributed by atoms with E-state index in [1.165, 1.54) is 4.90 Å². The van der Waals surface area contributed by atoms with Gasteiger partial charge in [0.25, 0.3) is 0 Å². The summed E-state index contributed by atoms with van der Waals surface area (Å²) in [5, 5.41) is 2.78. The first-order chi connectivity index (χ1) is 15.1. The number of sulfonamides is 1. The molecule has 0 aromatic heterocycles. The van der Waals surface area contributed by atoms with E-state index in [1.807, 2.05) is 52.0 Å². The first-order valence-corrected chi connectivity index (χ1v) is 12.6. The molecule has 174 valence electrons. The second-order valence-electron chi connectivity index (χ2n) is 7.93. The summed E-state index contributed by atoms with van der Waals surface area (Å²) in [4.78, 5) is 27.7. The molecular weight excluding hydrogens is 426 g/mol. The molecule has 0 bridgehead atoms. The van der Waals surface area contributed by atoms with Crippen LogP contribution >= 0.6 is 0 Å². The van der Waals surface area contributed by atoms with E-state index in [0.717, 1.165) is 27.3 Å². The van der Waals surface area contributed by atoms with Crippen molar-refractivity contribution >= 4 is 27.5 Å². The third kappa shape index (κ3) is 6.82. The highest BCUT2D eigenvalue weighted by molar-refractivity contribution is 7.92. The Bertz CT molecular complexity index is 1020. The Morgan fingerprint density at radius 2 is 1.47 bits per heavy atom. The van der Waals surface area contributed by atoms with Crippen molar-refractivity contribution in [3.8, 4) is 0 Å². The average molecular weight is 460 g/mol. The topological polar surface area (TPSA) is 86.8 Å². The van der Waals surface area contributed by atoms with Crippen molar-refractivity contribution in [2.75, 3.05) is 23.7 Å². The molecule has 0 unspecified atom stereocenters. The largest absolute Gasteiger partial charge is 0.355 e. The SMILES string of the molecule is CCNC(=O)[C@@H](CC)N(Cc1ccc(C)cc1)C(=O)CN(c1ccc(C)cc1)S(C)(=O)=O. The summed E-state index contributed by atoms with van der Waals surface area (Å²) in [7, 11) is -3.72. The molecule has 0 aliphatic heterocycles. The van der Waals surface area contributed by atoms with Gasteiger partial charge in [0.15, 0.2) is 0 Å². The quantitative estimate of drug-likeness (QED) is 0.592. The lowest BCUT2D eigenvalue weighted by atomic mass is 10.1. The Hall–Kier alpha value is -2.87. The van der Waals surface area contributed by atoms with E-state index < -0.39 is 22.0 Å². The zero-order chi connectivity index (χ0) is 23.9. The van der Waals surface area contributed by atoms with Gasteiger partial charge in [0, 0.05) is 13.1 Å². The zero-order valence-corrected chi connectivity index (χ0v) is 20.3. The van der Waals surface area contributed by atoms with Crippen LogP contribution in [0.15, 0.2) is 48.5 Å². The van der Waals surface area contributed by atoms with Gasteiger partial charge in [0.05, 0.1) is 11.9 Å². The van der Waals surface area contributed by atoms with Crippen LogP contribution in [0.5, 0.6) is 0 Å². The molecular formula is C24H33N3O4S. The first-order valence-electron chi connectivity index (χ1n) is 10.7. The van der Waals surface area contributed by atoms with Gasteiger partial charge in [0.2, 0.25) is 21.8 Å². The van der Waals surface area contributed by atoms with Gasteiger partial charge in [0.1, 0.15) is 12.6 Å². The number of hydrogen-bond acceptors (Lipinski definition) is 4. The number of aryl methyl sites for hydroxylation is 2. The summed E-state index contributed by atoms with van der Waals surface area (Å²) >= 11 is 0. The van der Waals surface area contributed by atoms with Crippen molar-refractivity contribution in [2.24, 2.45) is 0 Å². The predicted molar refractivity (Wildman–Crippen MR) is 128 cm³/mol. The summed E-state index contributed by atoms with van der Waals surface area (Å²) in [6, 6.07) is 14.0. The Kier molecular flexibility index (Phi) is 8.83. The van der Waals surface area contributed by atoms with Crippen molar-refractivity contribution in [3.63, 3.8) is 0 Å². The Labute approximate surface area is 191 Å². The maximum Gasteiger partial charge on any atom is 0.244 e. The van der Waals surface area contributed by atoms with E-state index in [2.05, 4.69) is 5.32 Å². The molecule has 1 atom stereocenters. The lowest BCUT2D eigenvalue weighted by Gasteiger charge is -2.32. The minimum atomic E-state index is -3.72. The maximum absolute atomic E-state index is 13.5. The molecule has 2 rings (SSSR count). The maximum atomic E-state index is 13.5. The summed E-state index contributed by atoms with van der Waals surface area (Å²) in [5.74, 6) is -0.689. The molecule has 0 fully saturated rings. The fraction of sp³-hybridized carbons (Fsp3) is 0.417. The van der Waals surface area contributed by atoms with Crippen LogP contribution in [0.2, 0.25) is 0 Å². The van der Waals surface area contributed by atoms with Gasteiger partial charge >= 0.3 is 0 Å². The van der Waals surface area contributed by atoms with E-state index in [-0.39, 0.29) is 19.0 Å². The van der Waals surface area contributed by atoms with Gasteiger partial charge in [-0.2, -0.15) is 0 Å². The lowest BCUT2D eigenvalue weighted by Crippen LogP contribution is -2.52. The van der Waals surface area contributed by atoms with Crippen LogP contribution in [0.25, 0.3) is 0 Å². The number of anilines is 1. The monoisotopic (exact) mass is 459 g/mol. The fourth-order valence-electron chi connectivity index (χ4n) is 3.43. The number of nitrogens with zero attached hydrogens (tertiary/aromatic N) is 2. The standard InChI is InChI=1S/C24H33N3O4S/c1-6-22(24(29)25-7-2)26(16-20-12-8-18(3)9-13-20)23(28)17-27(32(5,30)31)21-14-10-19(4)11-15-21/h8-15,22H,6-7,16-17H2,1-5H3,(H,25,29)/t22-/m1/s1. The molecule has 0 aliphatic rings. The van der Waals surface area contributed by atoms with Crippen molar-refractivity contribution < 1.29 is 18.0 Å². The van der Waals surface area contributed by atoms with Crippen LogP contribution in [-0.2, 0) is 26.2 Å². The van der Waals surface area contributed by atoms with Crippen LogP contribution in [0.1, 0.15) is 37.0 Å². The molecule has 1 N–H and O–H groups in total. The number of carbonyl (C=O) groups excluding carboxylic acids is 2. The molecule has 2 aromatic carbocycles. The minimum Gasteiger partial charge on any atom is -0.355 e. The lowest BCUT2D eigenvalue weighted by molar-refractivity contribution is -0.140. The number of hydrogen-bond donors (Lipinski definition) is 1. The van der Waals surface area contributed by atoms with Crippen LogP contribution < -0.4 is 9.62 Å². The smallest absolute Gasteiger partial charge is 0.244 e. The number of benzene rings is 2. The molecule has 0 saturated heterocycles. The van der Waals surface area contributed by atoms with Gasteiger partial charge in [-0.1, -0.05) is 54.4 Å². The Morgan fingerprint density at radius 3 is 1.94 bits per heavy atom. The van der Waals surface area contributed by atoms with Crippen molar-refractivity contribution in [3.05, 3.63) is 65.2 Å². The zero-order valence-electron chi connectivity index (χ0n) is 19.5. The molecule has 7 nitrogen and oxygen atoms in total. The number of amides is 2. The van der Waals surface area contributed by atoms with Crippen LogP contribution in [-0.4, -0.2) is 50.5 Å². The first kappa shape index (κ1) is 25.4. The second-order valence-corrected chi connectivity index (χ2v) is 9.84. The normalized spacial score (nSPS) is 12.2. The summed E-state index contributed by atoms with van der Waals surface area (Å²) in [5.41, 5.74) is 3.35. The third-order valence-corrected chi connectivity index (χ3v) is 6.35. The van der Waals surface area contributed by atoms with Crippen LogP contribution in [0, 0.1) is 13.8 Å². The van der Waals surface area contributed by atoms with Gasteiger partial charge in [-0.25, -0.2) is 8.42 Å². The van der Waals surface area contributed by atoms with E-state index in [4.69, 9.17) is 0 Å². The molecule has 0 aliphatic carbocycles. The van der Waals surface area contributed by atoms with Gasteiger partial charge in [-0.15, -0.1) is 0 Å². The molecule has 2 amide bonds. The Balaban J connectivity index is 2.40. The van der Waals surface area contributed by atoms with E-state index in [0.29, 0.717) is 18.7 Å². The highest BCUT2D eigenvalue weighted by atomic mass is 32.2. The van der Waals surface area contributed by atoms with E-state index in [9.17, 15) is 18.0 Å². The minimum absolute atomic E-state index is 0.209. The van der Waals surface area contributed by atoms with Crippen molar-refractivity contribution in [2.45, 2.75) is 46.7 Å².